The third-order valence-corrected chi connectivity index (χ3v) is 5.62. The number of carboxylic acids is 1. The van der Waals surface area contributed by atoms with E-state index in [4.69, 9.17) is 16.7 Å². The van der Waals surface area contributed by atoms with Crippen molar-refractivity contribution >= 4 is 44.9 Å². The molecular weight excluding hydrogens is 416 g/mol. The van der Waals surface area contributed by atoms with Crippen LogP contribution in [-0.2, 0) is 10.0 Å². The molecule has 3 aromatic rings. The fraction of sp³-hybridized carbons (Fsp3) is 0. The van der Waals surface area contributed by atoms with Crippen molar-refractivity contribution in [3.63, 3.8) is 0 Å². The Balaban J connectivity index is 1.74. The molecule has 29 heavy (non-hydrogen) atoms. The van der Waals surface area contributed by atoms with Crippen molar-refractivity contribution in [2.24, 2.45) is 0 Å². The molecule has 0 atom stereocenters. The standard InChI is InChI=1S/C20H15ClN2O5S/c21-18-11-10-16(12-17(18)20(25)26)29(27,28)23-15-8-6-14(7-9-15)22-19(24)13-4-2-1-3-5-13/h1-12,23H,(H,22,24)(H,25,26). The molecule has 0 saturated heterocycles. The van der Waals surface area contributed by atoms with Gasteiger partial charge in [0.15, 0.2) is 0 Å². The van der Waals surface area contributed by atoms with Crippen LogP contribution in [0.3, 0.4) is 0 Å². The number of halogens is 1. The number of anilines is 2. The number of nitrogens with one attached hydrogen (secondary N) is 2. The molecule has 0 aliphatic rings. The number of sulfonamides is 1. The van der Waals surface area contributed by atoms with Crippen LogP contribution in [0.15, 0.2) is 77.7 Å². The molecule has 0 unspecified atom stereocenters. The number of benzene rings is 3. The van der Waals surface area contributed by atoms with Crippen molar-refractivity contribution in [3.05, 3.63) is 88.9 Å². The molecular formula is C20H15ClN2O5S. The Morgan fingerprint density at radius 1 is 0.862 bits per heavy atom. The summed E-state index contributed by atoms with van der Waals surface area (Å²) in [6.07, 6.45) is 0. The summed E-state index contributed by atoms with van der Waals surface area (Å²) >= 11 is 5.77. The minimum Gasteiger partial charge on any atom is -0.478 e. The summed E-state index contributed by atoms with van der Waals surface area (Å²) in [7, 11) is -4.02. The van der Waals surface area contributed by atoms with Crippen LogP contribution in [0.25, 0.3) is 0 Å². The summed E-state index contributed by atoms with van der Waals surface area (Å²) in [6.45, 7) is 0. The number of aromatic carboxylic acids is 1. The zero-order valence-corrected chi connectivity index (χ0v) is 16.4. The Morgan fingerprint density at radius 2 is 1.48 bits per heavy atom. The van der Waals surface area contributed by atoms with E-state index in [1.54, 1.807) is 42.5 Å². The highest BCUT2D eigenvalue weighted by molar-refractivity contribution is 7.92. The average molecular weight is 431 g/mol. The molecule has 3 aromatic carbocycles. The first-order valence-electron chi connectivity index (χ1n) is 8.28. The molecule has 0 aliphatic heterocycles. The highest BCUT2D eigenvalue weighted by Crippen LogP contribution is 2.23. The summed E-state index contributed by atoms with van der Waals surface area (Å²) < 4.78 is 27.4. The van der Waals surface area contributed by atoms with Crippen molar-refractivity contribution in [2.45, 2.75) is 4.90 Å². The summed E-state index contributed by atoms with van der Waals surface area (Å²) in [4.78, 5) is 23.1. The van der Waals surface area contributed by atoms with Gasteiger partial charge >= 0.3 is 5.97 Å². The number of hydrogen-bond donors (Lipinski definition) is 3. The van der Waals surface area contributed by atoms with Crippen LogP contribution in [0.2, 0.25) is 5.02 Å². The summed E-state index contributed by atoms with van der Waals surface area (Å²) in [6, 6.07) is 18.1. The number of hydrogen-bond acceptors (Lipinski definition) is 4. The number of carbonyl (C=O) groups excluding carboxylic acids is 1. The fourth-order valence-electron chi connectivity index (χ4n) is 2.46. The number of amides is 1. The van der Waals surface area contributed by atoms with Crippen molar-refractivity contribution in [1.82, 2.24) is 0 Å². The van der Waals surface area contributed by atoms with Crippen LogP contribution in [-0.4, -0.2) is 25.4 Å². The molecule has 3 N–H and O–H groups in total. The molecule has 3 rings (SSSR count). The van der Waals surface area contributed by atoms with Gasteiger partial charge in [-0.1, -0.05) is 29.8 Å². The predicted octanol–water partition coefficient (Wildman–Crippen LogP) is 4.09. The zero-order valence-electron chi connectivity index (χ0n) is 14.8. The van der Waals surface area contributed by atoms with Crippen LogP contribution in [0.1, 0.15) is 20.7 Å². The maximum Gasteiger partial charge on any atom is 0.337 e. The molecule has 0 fully saturated rings. The van der Waals surface area contributed by atoms with E-state index in [1.807, 2.05) is 0 Å². The van der Waals surface area contributed by atoms with E-state index in [-0.39, 0.29) is 27.1 Å². The number of rotatable bonds is 6. The molecule has 0 aliphatic carbocycles. The maximum atomic E-state index is 12.5. The van der Waals surface area contributed by atoms with Gasteiger partial charge in [-0.05, 0) is 54.6 Å². The molecule has 0 bridgehead atoms. The van der Waals surface area contributed by atoms with E-state index in [2.05, 4.69) is 10.0 Å². The number of carbonyl (C=O) groups is 2. The van der Waals surface area contributed by atoms with E-state index >= 15 is 0 Å². The minimum absolute atomic E-state index is 0.0602. The lowest BCUT2D eigenvalue weighted by molar-refractivity contribution is 0.0696. The van der Waals surface area contributed by atoms with E-state index in [0.29, 0.717) is 11.3 Å². The Morgan fingerprint density at radius 3 is 2.10 bits per heavy atom. The molecule has 7 nitrogen and oxygen atoms in total. The quantitative estimate of drug-likeness (QED) is 0.545. The predicted molar refractivity (Wildman–Crippen MR) is 110 cm³/mol. The van der Waals surface area contributed by atoms with Crippen molar-refractivity contribution < 1.29 is 23.1 Å². The molecule has 0 radical (unpaired) electrons. The van der Waals surface area contributed by atoms with E-state index in [9.17, 15) is 18.0 Å². The van der Waals surface area contributed by atoms with Crippen LogP contribution < -0.4 is 10.0 Å². The first-order chi connectivity index (χ1) is 13.8. The lowest BCUT2D eigenvalue weighted by Gasteiger charge is -2.10. The van der Waals surface area contributed by atoms with Crippen LogP contribution in [0.5, 0.6) is 0 Å². The maximum absolute atomic E-state index is 12.5. The highest BCUT2D eigenvalue weighted by Gasteiger charge is 2.18. The van der Waals surface area contributed by atoms with Crippen molar-refractivity contribution in [3.8, 4) is 0 Å². The topological polar surface area (TPSA) is 113 Å². The molecule has 148 valence electrons. The molecule has 9 heteroatoms. The molecule has 1 amide bonds. The van der Waals surface area contributed by atoms with Gasteiger partial charge in [0, 0.05) is 16.9 Å². The second kappa shape index (κ2) is 8.34. The van der Waals surface area contributed by atoms with Gasteiger partial charge in [-0.25, -0.2) is 13.2 Å². The van der Waals surface area contributed by atoms with Crippen LogP contribution >= 0.6 is 11.6 Å². The summed E-state index contributed by atoms with van der Waals surface area (Å²) in [5.74, 6) is -1.62. The van der Waals surface area contributed by atoms with Crippen molar-refractivity contribution in [2.75, 3.05) is 10.0 Å². The first-order valence-corrected chi connectivity index (χ1v) is 10.1. The Bertz CT molecular complexity index is 1160. The second-order valence-electron chi connectivity index (χ2n) is 5.95. The van der Waals surface area contributed by atoms with Crippen LogP contribution in [0.4, 0.5) is 11.4 Å². The van der Waals surface area contributed by atoms with Gasteiger partial charge in [0.25, 0.3) is 15.9 Å². The third kappa shape index (κ3) is 4.92. The minimum atomic E-state index is -4.02. The Labute approximate surface area is 172 Å². The SMILES string of the molecule is O=C(Nc1ccc(NS(=O)(=O)c2ccc(Cl)c(C(=O)O)c2)cc1)c1ccccc1. The average Bonchev–Trinajstić information content (AvgIpc) is 2.70. The molecule has 0 aromatic heterocycles. The Kier molecular flexibility index (Phi) is 5.86. The van der Waals surface area contributed by atoms with Gasteiger partial charge in [0.2, 0.25) is 0 Å². The van der Waals surface area contributed by atoms with Crippen LogP contribution in [0, 0.1) is 0 Å². The Hall–Kier alpha value is -3.36. The number of carboxylic acid groups (broad SMARTS) is 1. The highest BCUT2D eigenvalue weighted by atomic mass is 35.5. The first kappa shape index (κ1) is 20.4. The normalized spacial score (nSPS) is 10.9. The molecule has 0 heterocycles. The third-order valence-electron chi connectivity index (χ3n) is 3.91. The van der Waals surface area contributed by atoms with Gasteiger partial charge in [-0.3, -0.25) is 9.52 Å². The lowest BCUT2D eigenvalue weighted by atomic mass is 10.2. The van der Waals surface area contributed by atoms with E-state index < -0.39 is 16.0 Å². The van der Waals surface area contributed by atoms with Gasteiger partial charge in [0.1, 0.15) is 0 Å². The van der Waals surface area contributed by atoms with Gasteiger partial charge in [-0.2, -0.15) is 0 Å². The van der Waals surface area contributed by atoms with Gasteiger partial charge in [-0.15, -0.1) is 0 Å². The largest absolute Gasteiger partial charge is 0.478 e. The second-order valence-corrected chi connectivity index (χ2v) is 8.04. The molecule has 0 spiro atoms. The smallest absolute Gasteiger partial charge is 0.337 e. The zero-order chi connectivity index (χ0) is 21.0. The van der Waals surface area contributed by atoms with E-state index in [1.165, 1.54) is 24.3 Å². The fourth-order valence-corrected chi connectivity index (χ4v) is 3.75. The molecule has 0 saturated carbocycles. The summed E-state index contributed by atoms with van der Waals surface area (Å²) in [5.41, 5.74) is 0.916. The van der Waals surface area contributed by atoms with Crippen molar-refractivity contribution in [1.29, 1.82) is 0 Å². The van der Waals surface area contributed by atoms with Gasteiger partial charge < -0.3 is 10.4 Å². The lowest BCUT2D eigenvalue weighted by Crippen LogP contribution is -2.14. The summed E-state index contributed by atoms with van der Waals surface area (Å²) in [5, 5.41) is 11.7. The van der Waals surface area contributed by atoms with E-state index in [0.717, 1.165) is 6.07 Å². The monoisotopic (exact) mass is 430 g/mol. The van der Waals surface area contributed by atoms with Gasteiger partial charge in [0.05, 0.1) is 15.5 Å².